The maximum Gasteiger partial charge on any atom is 0.410 e. The molecule has 1 saturated carbocycles. The summed E-state index contributed by atoms with van der Waals surface area (Å²) in [5, 5.41) is 0. The molecule has 2 saturated heterocycles. The highest BCUT2D eigenvalue weighted by Crippen LogP contribution is 2.54. The average molecular weight is 413 g/mol. The summed E-state index contributed by atoms with van der Waals surface area (Å²) in [5.74, 6) is 0.577. The average Bonchev–Trinajstić information content (AvgIpc) is 3.14. The van der Waals surface area contributed by atoms with E-state index in [0.717, 1.165) is 25.9 Å². The summed E-state index contributed by atoms with van der Waals surface area (Å²) in [5.41, 5.74) is 3.12. The molecule has 1 amide bonds. The van der Waals surface area contributed by atoms with E-state index in [-0.39, 0.29) is 6.09 Å². The van der Waals surface area contributed by atoms with Crippen molar-refractivity contribution in [2.75, 3.05) is 19.6 Å². The van der Waals surface area contributed by atoms with E-state index in [9.17, 15) is 4.79 Å². The van der Waals surface area contributed by atoms with E-state index >= 15 is 0 Å². The zero-order valence-corrected chi connectivity index (χ0v) is 19.6. The van der Waals surface area contributed by atoms with Gasteiger partial charge in [-0.25, -0.2) is 4.79 Å². The van der Waals surface area contributed by atoms with E-state index in [4.69, 9.17) is 4.74 Å². The summed E-state index contributed by atoms with van der Waals surface area (Å²) in [6.07, 6.45) is 7.32. The Morgan fingerprint density at radius 3 is 2.40 bits per heavy atom. The number of rotatable bonds is 3. The topological polar surface area (TPSA) is 32.8 Å². The van der Waals surface area contributed by atoms with E-state index in [1.807, 2.05) is 25.7 Å². The van der Waals surface area contributed by atoms with Gasteiger partial charge in [0.05, 0.1) is 0 Å². The second-order valence-corrected chi connectivity index (χ2v) is 11.2. The molecule has 166 valence electrons. The molecular formula is C26H40N2O2. The van der Waals surface area contributed by atoms with Gasteiger partial charge in [-0.15, -0.1) is 0 Å². The zero-order chi connectivity index (χ0) is 21.5. The van der Waals surface area contributed by atoms with E-state index in [1.165, 1.54) is 37.8 Å². The molecule has 0 bridgehead atoms. The first-order valence-electron chi connectivity index (χ1n) is 12.0. The standard InChI is InChI=1S/C26H40N2O2/c1-19(2)21-9-6-7-10-22(21)23-11-8-14-28(23)20-17-26(18-20)12-15-27(16-13-26)24(29)30-25(3,4)5/h6-7,9-10,19-20,23H,8,11-18H2,1-5H3/t23-/m0/s1. The van der Waals surface area contributed by atoms with Crippen molar-refractivity contribution in [1.29, 1.82) is 0 Å². The van der Waals surface area contributed by atoms with Gasteiger partial charge in [-0.3, -0.25) is 4.90 Å². The first-order chi connectivity index (χ1) is 14.2. The van der Waals surface area contributed by atoms with Gasteiger partial charge in [0.1, 0.15) is 5.60 Å². The summed E-state index contributed by atoms with van der Waals surface area (Å²) >= 11 is 0. The van der Waals surface area contributed by atoms with Crippen LogP contribution < -0.4 is 0 Å². The van der Waals surface area contributed by atoms with E-state index < -0.39 is 5.60 Å². The van der Waals surface area contributed by atoms with Crippen LogP contribution in [0.15, 0.2) is 24.3 Å². The van der Waals surface area contributed by atoms with Crippen molar-refractivity contribution >= 4 is 6.09 Å². The van der Waals surface area contributed by atoms with Gasteiger partial charge in [0.15, 0.2) is 0 Å². The summed E-state index contributed by atoms with van der Waals surface area (Å²) in [4.78, 5) is 17.1. The molecule has 0 radical (unpaired) electrons. The Labute approximate surface area is 183 Å². The van der Waals surface area contributed by atoms with Crippen LogP contribution in [0.4, 0.5) is 4.79 Å². The van der Waals surface area contributed by atoms with Crippen LogP contribution in [-0.2, 0) is 4.74 Å². The van der Waals surface area contributed by atoms with Gasteiger partial charge in [-0.1, -0.05) is 38.1 Å². The molecule has 4 rings (SSSR count). The van der Waals surface area contributed by atoms with Crippen LogP contribution in [-0.4, -0.2) is 47.2 Å². The number of likely N-dealkylation sites (tertiary alicyclic amines) is 2. The zero-order valence-electron chi connectivity index (χ0n) is 19.6. The van der Waals surface area contributed by atoms with Crippen LogP contribution in [0.5, 0.6) is 0 Å². The van der Waals surface area contributed by atoms with Crippen LogP contribution in [0.1, 0.15) is 96.2 Å². The van der Waals surface area contributed by atoms with Gasteiger partial charge in [0.25, 0.3) is 0 Å². The van der Waals surface area contributed by atoms with Crippen LogP contribution >= 0.6 is 0 Å². The maximum absolute atomic E-state index is 12.4. The third-order valence-electron chi connectivity index (χ3n) is 7.55. The number of carbonyl (C=O) groups excluding carboxylic acids is 1. The quantitative estimate of drug-likeness (QED) is 0.599. The van der Waals surface area contributed by atoms with E-state index in [1.54, 1.807) is 5.56 Å². The molecule has 3 fully saturated rings. The molecule has 1 spiro atoms. The minimum Gasteiger partial charge on any atom is -0.444 e. The third-order valence-corrected chi connectivity index (χ3v) is 7.55. The van der Waals surface area contributed by atoms with Gasteiger partial charge >= 0.3 is 6.09 Å². The molecule has 4 nitrogen and oxygen atoms in total. The number of ether oxygens (including phenoxy) is 1. The lowest BCUT2D eigenvalue weighted by molar-refractivity contribution is -0.0516. The first kappa shape index (κ1) is 21.7. The highest BCUT2D eigenvalue weighted by molar-refractivity contribution is 5.68. The number of carbonyl (C=O) groups is 1. The summed E-state index contributed by atoms with van der Waals surface area (Å²) in [6.45, 7) is 13.4. The highest BCUT2D eigenvalue weighted by atomic mass is 16.6. The van der Waals surface area contributed by atoms with E-state index in [0.29, 0.717) is 23.4 Å². The number of benzene rings is 1. The SMILES string of the molecule is CC(C)c1ccccc1[C@@H]1CCCN1C1CC2(CCN(C(=O)OC(C)(C)C)CC2)C1. The molecule has 0 aromatic heterocycles. The Morgan fingerprint density at radius 1 is 1.10 bits per heavy atom. The summed E-state index contributed by atoms with van der Waals surface area (Å²) in [7, 11) is 0. The lowest BCUT2D eigenvalue weighted by Gasteiger charge is -2.55. The molecule has 0 N–H and O–H groups in total. The molecule has 2 aliphatic heterocycles. The molecule has 1 aromatic rings. The molecule has 0 unspecified atom stereocenters. The molecular weight excluding hydrogens is 372 g/mol. The Morgan fingerprint density at radius 2 is 1.77 bits per heavy atom. The van der Waals surface area contributed by atoms with Crippen molar-refractivity contribution in [3.05, 3.63) is 35.4 Å². The Balaban J connectivity index is 1.35. The minimum atomic E-state index is -0.412. The number of hydrogen-bond acceptors (Lipinski definition) is 3. The van der Waals surface area contributed by atoms with Crippen LogP contribution in [0.25, 0.3) is 0 Å². The summed E-state index contributed by atoms with van der Waals surface area (Å²) in [6, 6.07) is 10.4. The lowest BCUT2D eigenvalue weighted by Crippen LogP contribution is -2.55. The van der Waals surface area contributed by atoms with Crippen molar-refractivity contribution < 1.29 is 9.53 Å². The van der Waals surface area contributed by atoms with Gasteiger partial charge in [-0.2, -0.15) is 0 Å². The van der Waals surface area contributed by atoms with Gasteiger partial charge in [0, 0.05) is 25.2 Å². The number of hydrogen-bond donors (Lipinski definition) is 0. The number of nitrogens with zero attached hydrogens (tertiary/aromatic N) is 2. The van der Waals surface area contributed by atoms with Crippen molar-refractivity contribution in [1.82, 2.24) is 9.80 Å². The molecule has 2 heterocycles. The predicted octanol–water partition coefficient (Wildman–Crippen LogP) is 6.13. The summed E-state index contributed by atoms with van der Waals surface area (Å²) < 4.78 is 5.57. The fourth-order valence-corrected chi connectivity index (χ4v) is 5.97. The number of amides is 1. The fraction of sp³-hybridized carbons (Fsp3) is 0.731. The Kier molecular flexibility index (Phi) is 5.91. The van der Waals surface area contributed by atoms with Gasteiger partial charge < -0.3 is 9.64 Å². The highest BCUT2D eigenvalue weighted by Gasteiger charge is 2.50. The largest absolute Gasteiger partial charge is 0.444 e. The van der Waals surface area contributed by atoms with Crippen LogP contribution in [0.3, 0.4) is 0 Å². The molecule has 4 heteroatoms. The molecule has 1 aromatic carbocycles. The van der Waals surface area contributed by atoms with Crippen molar-refractivity contribution in [3.8, 4) is 0 Å². The monoisotopic (exact) mass is 412 g/mol. The maximum atomic E-state index is 12.4. The smallest absolute Gasteiger partial charge is 0.410 e. The predicted molar refractivity (Wildman–Crippen MR) is 122 cm³/mol. The van der Waals surface area contributed by atoms with Crippen molar-refractivity contribution in [3.63, 3.8) is 0 Å². The van der Waals surface area contributed by atoms with E-state index in [2.05, 4.69) is 43.0 Å². The van der Waals surface area contributed by atoms with Gasteiger partial charge in [0.2, 0.25) is 0 Å². The van der Waals surface area contributed by atoms with Crippen LogP contribution in [0, 0.1) is 5.41 Å². The number of piperidine rings is 1. The molecule has 3 aliphatic rings. The molecule has 1 aliphatic carbocycles. The molecule has 30 heavy (non-hydrogen) atoms. The normalized spacial score (nSPS) is 25.0. The minimum absolute atomic E-state index is 0.141. The van der Waals surface area contributed by atoms with Crippen LogP contribution in [0.2, 0.25) is 0 Å². The van der Waals surface area contributed by atoms with Gasteiger partial charge in [-0.05, 0) is 88.3 Å². The first-order valence-corrected chi connectivity index (χ1v) is 12.0. The van der Waals surface area contributed by atoms with Crippen molar-refractivity contribution in [2.24, 2.45) is 5.41 Å². The Bertz CT molecular complexity index is 751. The lowest BCUT2D eigenvalue weighted by atomic mass is 9.60. The third kappa shape index (κ3) is 4.39. The molecule has 1 atom stereocenters. The van der Waals surface area contributed by atoms with Crippen molar-refractivity contribution in [2.45, 2.75) is 96.7 Å². The second-order valence-electron chi connectivity index (χ2n) is 11.2. The second kappa shape index (κ2) is 8.18. The fourth-order valence-electron chi connectivity index (χ4n) is 5.97. The Hall–Kier alpha value is -1.55.